The van der Waals surface area contributed by atoms with Gasteiger partial charge in [0, 0.05) is 12.1 Å². The number of hydrogen-bond donors (Lipinski definition) is 1. The average molecular weight is 211 g/mol. The molecule has 15 heavy (non-hydrogen) atoms. The van der Waals surface area contributed by atoms with Crippen LogP contribution in [0, 0.1) is 0 Å². The van der Waals surface area contributed by atoms with Crippen LogP contribution in [0.15, 0.2) is 0 Å². The third-order valence-corrected chi connectivity index (χ3v) is 3.60. The molecular weight excluding hydrogens is 182 g/mol. The summed E-state index contributed by atoms with van der Waals surface area (Å²) in [5.74, 6) is 0. The molecule has 1 aliphatic carbocycles. The highest BCUT2D eigenvalue weighted by Gasteiger charge is 2.15. The van der Waals surface area contributed by atoms with E-state index in [1.165, 1.54) is 64.2 Å². The molecule has 0 aliphatic heterocycles. The largest absolute Gasteiger partial charge is 0.311 e. The van der Waals surface area contributed by atoms with E-state index in [1.54, 1.807) is 0 Å². The van der Waals surface area contributed by atoms with E-state index in [1.807, 2.05) is 0 Å². The first-order chi connectivity index (χ1) is 7.36. The summed E-state index contributed by atoms with van der Waals surface area (Å²) in [4.78, 5) is 0. The maximum absolute atomic E-state index is 3.90. The van der Waals surface area contributed by atoms with Gasteiger partial charge in [0.25, 0.3) is 0 Å². The minimum atomic E-state index is 0.795. The van der Waals surface area contributed by atoms with E-state index < -0.39 is 0 Å². The molecule has 1 aliphatic rings. The summed E-state index contributed by atoms with van der Waals surface area (Å²) < 4.78 is 0. The number of hydrogen-bond acceptors (Lipinski definition) is 1. The van der Waals surface area contributed by atoms with Gasteiger partial charge in [-0.2, -0.15) is 0 Å². The lowest BCUT2D eigenvalue weighted by Gasteiger charge is -2.24. The van der Waals surface area contributed by atoms with Crippen molar-refractivity contribution in [1.29, 1.82) is 0 Å². The van der Waals surface area contributed by atoms with Crippen LogP contribution in [-0.4, -0.2) is 12.1 Å². The standard InChI is InChI=1S/C14H29N/c1-3-9-13(10-4-2)15-14-11-7-5-6-8-12-14/h13-15H,3-12H2,1-2H3. The zero-order valence-corrected chi connectivity index (χ0v) is 10.7. The average Bonchev–Trinajstić information content (AvgIpc) is 2.47. The van der Waals surface area contributed by atoms with Crippen molar-refractivity contribution in [2.24, 2.45) is 0 Å². The van der Waals surface area contributed by atoms with Crippen LogP contribution in [0.3, 0.4) is 0 Å². The summed E-state index contributed by atoms with van der Waals surface area (Å²) in [5.41, 5.74) is 0. The first kappa shape index (κ1) is 13.0. The van der Waals surface area contributed by atoms with Crippen LogP contribution in [-0.2, 0) is 0 Å². The molecule has 90 valence electrons. The summed E-state index contributed by atoms with van der Waals surface area (Å²) in [5, 5.41) is 3.90. The zero-order valence-electron chi connectivity index (χ0n) is 10.7. The van der Waals surface area contributed by atoms with Crippen LogP contribution >= 0.6 is 0 Å². The molecule has 1 nitrogen and oxygen atoms in total. The number of nitrogens with one attached hydrogen (secondary N) is 1. The highest BCUT2D eigenvalue weighted by atomic mass is 14.9. The van der Waals surface area contributed by atoms with Crippen molar-refractivity contribution in [2.45, 2.75) is 90.1 Å². The molecule has 0 amide bonds. The van der Waals surface area contributed by atoms with Crippen LogP contribution in [0.5, 0.6) is 0 Å². The molecule has 0 unspecified atom stereocenters. The molecule has 0 aromatic carbocycles. The summed E-state index contributed by atoms with van der Waals surface area (Å²) >= 11 is 0. The molecule has 0 radical (unpaired) electrons. The lowest BCUT2D eigenvalue weighted by Crippen LogP contribution is -2.37. The molecule has 0 spiro atoms. The molecule has 1 heteroatoms. The normalized spacial score (nSPS) is 19.4. The van der Waals surface area contributed by atoms with Gasteiger partial charge in [-0.05, 0) is 25.7 Å². The van der Waals surface area contributed by atoms with Gasteiger partial charge in [0.1, 0.15) is 0 Å². The minimum absolute atomic E-state index is 0.795. The van der Waals surface area contributed by atoms with E-state index in [0.717, 1.165) is 12.1 Å². The van der Waals surface area contributed by atoms with Crippen LogP contribution in [0.1, 0.15) is 78.1 Å². The van der Waals surface area contributed by atoms with Gasteiger partial charge in [0.05, 0.1) is 0 Å². The fourth-order valence-corrected chi connectivity index (χ4v) is 2.79. The molecule has 0 atom stereocenters. The van der Waals surface area contributed by atoms with Crippen molar-refractivity contribution in [3.8, 4) is 0 Å². The van der Waals surface area contributed by atoms with E-state index in [4.69, 9.17) is 0 Å². The highest BCUT2D eigenvalue weighted by Crippen LogP contribution is 2.19. The lowest BCUT2D eigenvalue weighted by molar-refractivity contribution is 0.359. The van der Waals surface area contributed by atoms with Crippen LogP contribution in [0.2, 0.25) is 0 Å². The van der Waals surface area contributed by atoms with Crippen molar-refractivity contribution in [2.75, 3.05) is 0 Å². The predicted molar refractivity (Wildman–Crippen MR) is 68.2 cm³/mol. The Hall–Kier alpha value is -0.0400. The Balaban J connectivity index is 2.27. The predicted octanol–water partition coefficient (Wildman–Crippen LogP) is 4.27. The van der Waals surface area contributed by atoms with Gasteiger partial charge in [-0.25, -0.2) is 0 Å². The Morgan fingerprint density at radius 2 is 1.47 bits per heavy atom. The summed E-state index contributed by atoms with van der Waals surface area (Å²) in [6.07, 6.45) is 14.0. The Morgan fingerprint density at radius 1 is 0.933 bits per heavy atom. The topological polar surface area (TPSA) is 12.0 Å². The molecule has 1 fully saturated rings. The molecule has 1 rings (SSSR count). The van der Waals surface area contributed by atoms with Gasteiger partial charge in [0.15, 0.2) is 0 Å². The van der Waals surface area contributed by atoms with Gasteiger partial charge < -0.3 is 5.32 Å². The molecular formula is C14H29N. The minimum Gasteiger partial charge on any atom is -0.311 e. The molecule has 0 bridgehead atoms. The van der Waals surface area contributed by atoms with Gasteiger partial charge in [0.2, 0.25) is 0 Å². The van der Waals surface area contributed by atoms with E-state index in [0.29, 0.717) is 0 Å². The van der Waals surface area contributed by atoms with E-state index in [2.05, 4.69) is 19.2 Å². The van der Waals surface area contributed by atoms with Gasteiger partial charge in [-0.3, -0.25) is 0 Å². The highest BCUT2D eigenvalue weighted by molar-refractivity contribution is 4.76. The second kappa shape index (κ2) is 8.15. The van der Waals surface area contributed by atoms with Crippen molar-refractivity contribution in [3.63, 3.8) is 0 Å². The van der Waals surface area contributed by atoms with Gasteiger partial charge in [-0.1, -0.05) is 52.4 Å². The monoisotopic (exact) mass is 211 g/mol. The van der Waals surface area contributed by atoms with Gasteiger partial charge >= 0.3 is 0 Å². The first-order valence-electron chi connectivity index (χ1n) is 7.12. The molecule has 1 N–H and O–H groups in total. The fraction of sp³-hybridized carbons (Fsp3) is 1.00. The van der Waals surface area contributed by atoms with E-state index >= 15 is 0 Å². The Bertz CT molecular complexity index is 130. The summed E-state index contributed by atoms with van der Waals surface area (Å²) in [6, 6.07) is 1.62. The van der Waals surface area contributed by atoms with Crippen molar-refractivity contribution < 1.29 is 0 Å². The lowest BCUT2D eigenvalue weighted by atomic mass is 10.0. The second-order valence-corrected chi connectivity index (χ2v) is 5.13. The Morgan fingerprint density at radius 3 is 1.93 bits per heavy atom. The van der Waals surface area contributed by atoms with Gasteiger partial charge in [-0.15, -0.1) is 0 Å². The fourth-order valence-electron chi connectivity index (χ4n) is 2.79. The Kier molecular flexibility index (Phi) is 7.08. The van der Waals surface area contributed by atoms with Crippen molar-refractivity contribution in [3.05, 3.63) is 0 Å². The van der Waals surface area contributed by atoms with Crippen molar-refractivity contribution in [1.82, 2.24) is 5.32 Å². The van der Waals surface area contributed by atoms with E-state index in [9.17, 15) is 0 Å². The maximum Gasteiger partial charge on any atom is 0.00696 e. The zero-order chi connectivity index (χ0) is 10.9. The summed E-state index contributed by atoms with van der Waals surface area (Å²) in [6.45, 7) is 4.61. The smallest absolute Gasteiger partial charge is 0.00696 e. The Labute approximate surface area is 96.0 Å². The second-order valence-electron chi connectivity index (χ2n) is 5.13. The molecule has 0 saturated heterocycles. The first-order valence-corrected chi connectivity index (χ1v) is 7.12. The number of rotatable bonds is 6. The van der Waals surface area contributed by atoms with Crippen LogP contribution in [0.25, 0.3) is 0 Å². The van der Waals surface area contributed by atoms with E-state index in [-0.39, 0.29) is 0 Å². The quantitative estimate of drug-likeness (QED) is 0.647. The molecule has 1 saturated carbocycles. The third-order valence-electron chi connectivity index (χ3n) is 3.60. The SMILES string of the molecule is CCCC(CCC)NC1CCCCCC1. The third kappa shape index (κ3) is 5.55. The van der Waals surface area contributed by atoms with Crippen LogP contribution < -0.4 is 5.32 Å². The summed E-state index contributed by atoms with van der Waals surface area (Å²) in [7, 11) is 0. The molecule has 0 aromatic heterocycles. The maximum atomic E-state index is 3.90. The van der Waals surface area contributed by atoms with Crippen molar-refractivity contribution >= 4 is 0 Å². The molecule has 0 heterocycles. The van der Waals surface area contributed by atoms with Crippen LogP contribution in [0.4, 0.5) is 0 Å². The molecule has 0 aromatic rings.